The normalized spacial score (nSPS) is 10.1. The first-order chi connectivity index (χ1) is 6.79. The average Bonchev–Trinajstić information content (AvgIpc) is 2.01. The second-order valence-electron chi connectivity index (χ2n) is 2.54. The molecule has 3 nitrogen and oxygen atoms in total. The molecule has 15 heavy (non-hydrogen) atoms. The van der Waals surface area contributed by atoms with Gasteiger partial charge in [-0.3, -0.25) is 0 Å². The van der Waals surface area contributed by atoms with Gasteiger partial charge in [-0.25, -0.2) is 0 Å². The Morgan fingerprint density at radius 1 is 1.13 bits per heavy atom. The van der Waals surface area contributed by atoms with Crippen LogP contribution in [-0.4, -0.2) is 48.7 Å². The zero-order valence-electron chi connectivity index (χ0n) is 7.90. The van der Waals surface area contributed by atoms with E-state index in [0.717, 1.165) is 0 Å². The van der Waals surface area contributed by atoms with Crippen molar-refractivity contribution >= 4 is 35.3 Å². The predicted octanol–water partition coefficient (Wildman–Crippen LogP) is 0.710. The number of alkyl halides is 3. The quantitative estimate of drug-likeness (QED) is 0.735. The van der Waals surface area contributed by atoms with Crippen LogP contribution in [-0.2, 0) is 0 Å². The van der Waals surface area contributed by atoms with Crippen molar-refractivity contribution in [3.63, 3.8) is 0 Å². The van der Waals surface area contributed by atoms with Gasteiger partial charge in [0.2, 0.25) is 0 Å². The van der Waals surface area contributed by atoms with Crippen molar-refractivity contribution < 1.29 is 27.9 Å². The van der Waals surface area contributed by atoms with Gasteiger partial charge in [-0.05, 0) is 12.1 Å². The second-order valence-corrected chi connectivity index (χ2v) is 3.67. The number of hydrogen-bond acceptors (Lipinski definition) is 3. The Morgan fingerprint density at radius 2 is 1.53 bits per heavy atom. The Bertz CT molecular complexity index is 262. The third-order valence-electron chi connectivity index (χ3n) is 0.985. The van der Waals surface area contributed by atoms with E-state index in [2.05, 4.69) is 4.65 Å². The molecule has 0 aliphatic rings. The van der Waals surface area contributed by atoms with Gasteiger partial charge in [0.15, 0.2) is 0 Å². The van der Waals surface area contributed by atoms with E-state index >= 15 is 0 Å². The fourth-order valence-electron chi connectivity index (χ4n) is 0.621. The fourth-order valence-corrected chi connectivity index (χ4v) is 0.621. The van der Waals surface area contributed by atoms with Crippen LogP contribution in [0.4, 0.5) is 13.2 Å². The van der Waals surface area contributed by atoms with Gasteiger partial charge in [-0.2, -0.15) is 0 Å². The van der Waals surface area contributed by atoms with E-state index in [4.69, 9.17) is 10.0 Å². The van der Waals surface area contributed by atoms with Gasteiger partial charge in [0.1, 0.15) is 5.75 Å². The summed E-state index contributed by atoms with van der Waals surface area (Å²) in [5.74, 6) is 0.442. The molecule has 0 saturated carbocycles. The maximum Gasteiger partial charge on any atom is 0.707 e. The van der Waals surface area contributed by atoms with Crippen molar-refractivity contribution in [2.24, 2.45) is 0 Å². The Morgan fingerprint density at radius 3 is 1.87 bits per heavy atom. The molecular formula is C7H7BF3NaO3. The van der Waals surface area contributed by atoms with Crippen LogP contribution in [0.2, 0.25) is 0 Å². The van der Waals surface area contributed by atoms with Gasteiger partial charge in [0, 0.05) is 0 Å². The van der Waals surface area contributed by atoms with Crippen molar-refractivity contribution in [3.8, 4) is 5.75 Å². The van der Waals surface area contributed by atoms with E-state index in [1.54, 1.807) is 24.3 Å². The van der Waals surface area contributed by atoms with Crippen LogP contribution in [0.5, 0.6) is 5.75 Å². The Hall–Kier alpha value is -0.205. The van der Waals surface area contributed by atoms with Crippen molar-refractivity contribution in [2.45, 2.75) is 3.43 Å². The van der Waals surface area contributed by atoms with Gasteiger partial charge >= 0.3 is 51.8 Å². The Labute approximate surface area is 102 Å². The minimum Gasteiger partial charge on any atom is -0.512 e. The summed E-state index contributed by atoms with van der Waals surface area (Å²) in [7, 11) is -1.73. The molecule has 0 saturated heterocycles. The molecule has 0 fully saturated rings. The Kier molecular flexibility index (Phi) is 7.03. The topological polar surface area (TPSA) is 49.7 Å². The number of rotatable bonds is 2. The molecule has 0 bridgehead atoms. The molecule has 0 heterocycles. The molecule has 1 aromatic carbocycles. The van der Waals surface area contributed by atoms with Crippen LogP contribution < -0.4 is 4.65 Å². The Balaban J connectivity index is 0.000000336. The molecule has 1 rings (SSSR count). The van der Waals surface area contributed by atoms with Crippen molar-refractivity contribution in [1.29, 1.82) is 0 Å². The molecule has 2 N–H and O–H groups in total. The van der Waals surface area contributed by atoms with Crippen LogP contribution in [0.25, 0.3) is 0 Å². The molecule has 0 aliphatic heterocycles. The van der Waals surface area contributed by atoms with E-state index in [0.29, 0.717) is 5.75 Å². The molecule has 0 amide bonds. The third-order valence-corrected chi connectivity index (χ3v) is 0.985. The first-order valence-electron chi connectivity index (χ1n) is 3.93. The maximum absolute atomic E-state index is 10.4. The van der Waals surface area contributed by atoms with E-state index in [-0.39, 0.29) is 0 Å². The standard InChI is InChI=1S/C6H7BO3.CF3.Na/c8-7(9)10-6-4-2-1-3-5-6;2-1(3)4;/h1-5,8-9H;;. The van der Waals surface area contributed by atoms with Crippen molar-refractivity contribution in [3.05, 3.63) is 30.3 Å². The summed E-state index contributed by atoms with van der Waals surface area (Å²) >= 11 is -0.692. The molecule has 1 aromatic rings. The SMILES string of the molecule is F[C](F)(F)[Na].OB(O)Oc1ccccc1. The minimum absolute atomic E-state index is 0.442. The summed E-state index contributed by atoms with van der Waals surface area (Å²) in [5.41, 5.74) is 0. The molecule has 0 spiro atoms. The van der Waals surface area contributed by atoms with Gasteiger partial charge in [-0.15, -0.1) is 0 Å². The molecular weight excluding hydrogens is 223 g/mol. The third kappa shape index (κ3) is 13.8. The van der Waals surface area contributed by atoms with E-state index in [1.165, 1.54) is 0 Å². The smallest absolute Gasteiger partial charge is 0.512 e. The van der Waals surface area contributed by atoms with E-state index in [9.17, 15) is 13.2 Å². The van der Waals surface area contributed by atoms with Crippen LogP contribution in [0.1, 0.15) is 0 Å². The number of halogens is 3. The van der Waals surface area contributed by atoms with Crippen LogP contribution in [0, 0.1) is 0 Å². The molecule has 78 valence electrons. The second kappa shape index (κ2) is 7.13. The summed E-state index contributed by atoms with van der Waals surface area (Å²) in [6.45, 7) is 0. The maximum atomic E-state index is 10.4. The molecule has 0 unspecified atom stereocenters. The number of para-hydroxylation sites is 1. The summed E-state index contributed by atoms with van der Waals surface area (Å²) in [4.78, 5) is 0. The molecule has 8 heteroatoms. The number of hydrogen-bond donors (Lipinski definition) is 2. The molecule has 0 radical (unpaired) electrons. The fraction of sp³-hybridized carbons (Fsp3) is 0.143. The summed E-state index contributed by atoms with van der Waals surface area (Å²) in [6.07, 6.45) is 0. The van der Waals surface area contributed by atoms with Gasteiger partial charge in [0.05, 0.1) is 0 Å². The zero-order chi connectivity index (χ0) is 11.9. The number of benzene rings is 1. The van der Waals surface area contributed by atoms with Crippen LogP contribution in [0.15, 0.2) is 30.3 Å². The minimum atomic E-state index is -3.86. The van der Waals surface area contributed by atoms with Crippen LogP contribution in [0.3, 0.4) is 0 Å². The summed E-state index contributed by atoms with van der Waals surface area (Å²) in [6, 6.07) is 8.59. The first kappa shape index (κ1) is 14.8. The summed E-state index contributed by atoms with van der Waals surface area (Å²) in [5, 5.41) is 16.7. The summed E-state index contributed by atoms with van der Waals surface area (Å²) < 4.78 is 31.9. The zero-order valence-corrected chi connectivity index (χ0v) is 9.90. The molecule has 0 aromatic heterocycles. The average molecular weight is 230 g/mol. The van der Waals surface area contributed by atoms with Gasteiger partial charge in [0.25, 0.3) is 0 Å². The van der Waals surface area contributed by atoms with Crippen molar-refractivity contribution in [1.82, 2.24) is 0 Å². The largest absolute Gasteiger partial charge is 0.707 e. The monoisotopic (exact) mass is 230 g/mol. The van der Waals surface area contributed by atoms with E-state index < -0.39 is 38.7 Å². The van der Waals surface area contributed by atoms with Gasteiger partial charge in [-0.1, -0.05) is 18.2 Å². The van der Waals surface area contributed by atoms with Gasteiger partial charge < -0.3 is 14.7 Å². The first-order valence-corrected chi connectivity index (χ1v) is 4.93. The van der Waals surface area contributed by atoms with Crippen molar-refractivity contribution in [2.75, 3.05) is 0 Å². The predicted molar refractivity (Wildman–Crippen MR) is 49.1 cm³/mol. The molecule has 0 aliphatic carbocycles. The van der Waals surface area contributed by atoms with Crippen LogP contribution >= 0.6 is 0 Å². The molecule has 0 atom stereocenters. The van der Waals surface area contributed by atoms with E-state index in [1.807, 2.05) is 6.07 Å².